The number of nitrogens with one attached hydrogen (secondary N) is 1. The van der Waals surface area contributed by atoms with Gasteiger partial charge in [0.1, 0.15) is 5.75 Å². The van der Waals surface area contributed by atoms with Crippen LogP contribution in [0.15, 0.2) is 12.1 Å². The van der Waals surface area contributed by atoms with Crippen LogP contribution >= 0.6 is 0 Å². The molecule has 0 aromatic heterocycles. The van der Waals surface area contributed by atoms with Crippen LogP contribution in [-0.2, 0) is 4.79 Å². The lowest BCUT2D eigenvalue weighted by molar-refractivity contribution is -0.125. The van der Waals surface area contributed by atoms with E-state index in [1.54, 1.807) is 26.2 Å². The van der Waals surface area contributed by atoms with Crippen LogP contribution in [0.5, 0.6) is 5.75 Å². The maximum absolute atomic E-state index is 11.9. The highest BCUT2D eigenvalue weighted by molar-refractivity contribution is 5.83. The summed E-state index contributed by atoms with van der Waals surface area (Å²) in [5.41, 5.74) is 5.88. The molecule has 0 heterocycles. The van der Waals surface area contributed by atoms with E-state index in [4.69, 9.17) is 4.74 Å². The first-order valence-electron chi connectivity index (χ1n) is 5.99. The molecule has 1 atom stereocenters. The molecule has 4 nitrogen and oxygen atoms in total. The molecular weight excluding hydrogens is 228 g/mol. The summed E-state index contributed by atoms with van der Waals surface area (Å²) in [6.45, 7) is 5.89. The molecule has 1 amide bonds. The van der Waals surface area contributed by atoms with Gasteiger partial charge >= 0.3 is 0 Å². The van der Waals surface area contributed by atoms with Gasteiger partial charge in [-0.2, -0.15) is 0 Å². The van der Waals surface area contributed by atoms with Crippen molar-refractivity contribution >= 4 is 5.91 Å². The second kappa shape index (κ2) is 5.87. The number of hydrogen-bond donors (Lipinski definition) is 1. The minimum Gasteiger partial charge on any atom is -0.496 e. The Kier molecular flexibility index (Phi) is 4.73. The van der Waals surface area contributed by atoms with Crippen molar-refractivity contribution < 1.29 is 9.53 Å². The fourth-order valence-electron chi connectivity index (χ4n) is 2.02. The third-order valence-corrected chi connectivity index (χ3v) is 2.91. The van der Waals surface area contributed by atoms with Gasteiger partial charge in [-0.1, -0.05) is 12.1 Å². The molecule has 0 radical (unpaired) electrons. The average molecular weight is 250 g/mol. The normalized spacial score (nSPS) is 12.4. The van der Waals surface area contributed by atoms with Crippen molar-refractivity contribution in [2.24, 2.45) is 0 Å². The molecule has 0 saturated carbocycles. The molecule has 4 heteroatoms. The zero-order valence-electron chi connectivity index (χ0n) is 12.0. The van der Waals surface area contributed by atoms with E-state index in [0.29, 0.717) is 0 Å². The van der Waals surface area contributed by atoms with Gasteiger partial charge in [-0.15, -0.1) is 0 Å². The van der Waals surface area contributed by atoms with Crippen LogP contribution in [0.2, 0.25) is 0 Å². The highest BCUT2D eigenvalue weighted by atomic mass is 16.5. The van der Waals surface area contributed by atoms with Crippen molar-refractivity contribution in [3.63, 3.8) is 0 Å². The van der Waals surface area contributed by atoms with Crippen LogP contribution in [0.3, 0.4) is 0 Å². The first-order chi connectivity index (χ1) is 8.36. The molecule has 1 rings (SSSR count). The molecule has 0 aliphatic heterocycles. The Morgan fingerprint density at radius 2 is 1.78 bits per heavy atom. The minimum absolute atomic E-state index is 0.0102. The standard InChI is InChI=1S/C14H22N2O2/c1-9-7-12(8-10(2)13(9)18-6)11(3)14(17)15-16(4)5/h7-8,11H,1-6H3,(H,15,17). The number of hydrogen-bond acceptors (Lipinski definition) is 3. The first-order valence-corrected chi connectivity index (χ1v) is 5.99. The fraction of sp³-hybridized carbons (Fsp3) is 0.500. The number of carbonyl (C=O) groups is 1. The van der Waals surface area contributed by atoms with E-state index >= 15 is 0 Å². The quantitative estimate of drug-likeness (QED) is 0.831. The topological polar surface area (TPSA) is 41.6 Å². The fourth-order valence-corrected chi connectivity index (χ4v) is 2.02. The van der Waals surface area contributed by atoms with Gasteiger partial charge in [0.25, 0.3) is 0 Å². The van der Waals surface area contributed by atoms with E-state index < -0.39 is 0 Å². The summed E-state index contributed by atoms with van der Waals surface area (Å²) < 4.78 is 5.33. The smallest absolute Gasteiger partial charge is 0.241 e. The van der Waals surface area contributed by atoms with E-state index in [1.807, 2.05) is 32.9 Å². The highest BCUT2D eigenvalue weighted by Crippen LogP contribution is 2.27. The lowest BCUT2D eigenvalue weighted by Crippen LogP contribution is -2.38. The Hall–Kier alpha value is -1.55. The number of carbonyl (C=O) groups excluding carboxylic acids is 1. The van der Waals surface area contributed by atoms with Gasteiger partial charge in [0.2, 0.25) is 5.91 Å². The predicted octanol–water partition coefficient (Wildman–Crippen LogP) is 2.01. The summed E-state index contributed by atoms with van der Waals surface area (Å²) in [6, 6.07) is 4.01. The molecular formula is C14H22N2O2. The van der Waals surface area contributed by atoms with E-state index in [9.17, 15) is 4.79 Å². The minimum atomic E-state index is -0.185. The van der Waals surface area contributed by atoms with Crippen LogP contribution in [0.4, 0.5) is 0 Å². The van der Waals surface area contributed by atoms with Crippen LogP contribution in [0, 0.1) is 13.8 Å². The SMILES string of the molecule is COc1c(C)cc(C(C)C(=O)NN(C)C)cc1C. The molecule has 1 N–H and O–H groups in total. The van der Waals surface area contributed by atoms with Crippen molar-refractivity contribution in [1.82, 2.24) is 10.4 Å². The van der Waals surface area contributed by atoms with E-state index in [-0.39, 0.29) is 11.8 Å². The highest BCUT2D eigenvalue weighted by Gasteiger charge is 2.17. The van der Waals surface area contributed by atoms with Gasteiger partial charge in [0, 0.05) is 14.1 Å². The van der Waals surface area contributed by atoms with E-state index in [1.165, 1.54) is 0 Å². The number of methoxy groups -OCH3 is 1. The van der Waals surface area contributed by atoms with Gasteiger partial charge in [0.15, 0.2) is 0 Å². The lowest BCUT2D eigenvalue weighted by Gasteiger charge is -2.18. The molecule has 1 aromatic rings. The summed E-state index contributed by atoms with van der Waals surface area (Å²) in [7, 11) is 5.27. The predicted molar refractivity (Wildman–Crippen MR) is 72.7 cm³/mol. The van der Waals surface area contributed by atoms with E-state index in [0.717, 1.165) is 22.4 Å². The largest absolute Gasteiger partial charge is 0.496 e. The molecule has 0 fully saturated rings. The summed E-state index contributed by atoms with van der Waals surface area (Å²) in [4.78, 5) is 11.9. The van der Waals surface area contributed by atoms with Crippen LogP contribution in [-0.4, -0.2) is 32.1 Å². The summed E-state index contributed by atoms with van der Waals surface area (Å²) >= 11 is 0. The Labute approximate surface area is 109 Å². The molecule has 18 heavy (non-hydrogen) atoms. The zero-order chi connectivity index (χ0) is 13.9. The maximum Gasteiger partial charge on any atom is 0.241 e. The molecule has 0 bridgehead atoms. The van der Waals surface area contributed by atoms with Gasteiger partial charge in [-0.05, 0) is 37.5 Å². The average Bonchev–Trinajstić information content (AvgIpc) is 2.26. The zero-order valence-corrected chi connectivity index (χ0v) is 12.0. The van der Waals surface area contributed by atoms with Crippen LogP contribution in [0.25, 0.3) is 0 Å². The Morgan fingerprint density at radius 1 is 1.28 bits per heavy atom. The van der Waals surface area contributed by atoms with Crippen molar-refractivity contribution in [3.8, 4) is 5.75 Å². The Bertz CT molecular complexity index is 418. The lowest BCUT2D eigenvalue weighted by atomic mass is 9.96. The maximum atomic E-state index is 11.9. The summed E-state index contributed by atoms with van der Waals surface area (Å²) in [6.07, 6.45) is 0. The number of benzene rings is 1. The monoisotopic (exact) mass is 250 g/mol. The summed E-state index contributed by atoms with van der Waals surface area (Å²) in [5.74, 6) is 0.693. The molecule has 1 unspecified atom stereocenters. The van der Waals surface area contributed by atoms with E-state index in [2.05, 4.69) is 5.43 Å². The molecule has 0 saturated heterocycles. The molecule has 100 valence electrons. The molecule has 0 aliphatic rings. The second-order valence-corrected chi connectivity index (χ2v) is 4.78. The van der Waals surface area contributed by atoms with Crippen LogP contribution in [0.1, 0.15) is 29.5 Å². The third kappa shape index (κ3) is 3.23. The molecule has 0 spiro atoms. The Morgan fingerprint density at radius 3 is 2.17 bits per heavy atom. The van der Waals surface area contributed by atoms with Crippen molar-refractivity contribution in [3.05, 3.63) is 28.8 Å². The van der Waals surface area contributed by atoms with Gasteiger partial charge in [-0.3, -0.25) is 10.2 Å². The van der Waals surface area contributed by atoms with Gasteiger partial charge in [-0.25, -0.2) is 5.01 Å². The van der Waals surface area contributed by atoms with Crippen molar-refractivity contribution in [2.45, 2.75) is 26.7 Å². The van der Waals surface area contributed by atoms with Crippen molar-refractivity contribution in [2.75, 3.05) is 21.2 Å². The van der Waals surface area contributed by atoms with Gasteiger partial charge in [0.05, 0.1) is 13.0 Å². The number of ether oxygens (including phenoxy) is 1. The summed E-state index contributed by atoms with van der Waals surface area (Å²) in [5, 5.41) is 1.65. The second-order valence-electron chi connectivity index (χ2n) is 4.78. The molecule has 0 aliphatic carbocycles. The third-order valence-electron chi connectivity index (χ3n) is 2.91. The first kappa shape index (κ1) is 14.5. The number of nitrogens with zero attached hydrogens (tertiary/aromatic N) is 1. The number of hydrazine groups is 1. The van der Waals surface area contributed by atoms with Crippen LogP contribution < -0.4 is 10.2 Å². The molecule has 1 aromatic carbocycles. The number of amides is 1. The van der Waals surface area contributed by atoms with Gasteiger partial charge < -0.3 is 4.74 Å². The number of aryl methyl sites for hydroxylation is 2. The number of rotatable bonds is 4. The Balaban J connectivity index is 3.00. The van der Waals surface area contributed by atoms with Crippen molar-refractivity contribution in [1.29, 1.82) is 0 Å².